The van der Waals surface area contributed by atoms with Gasteiger partial charge in [0.25, 0.3) is 5.69 Å². The molecule has 0 atom stereocenters. The van der Waals surface area contributed by atoms with Gasteiger partial charge in [-0.2, -0.15) is 13.2 Å². The quantitative estimate of drug-likeness (QED) is 0.238. The van der Waals surface area contributed by atoms with E-state index in [1.54, 1.807) is 0 Å². The van der Waals surface area contributed by atoms with Crippen LogP contribution in [-0.4, -0.2) is 17.5 Å². The average Bonchev–Trinajstić information content (AvgIpc) is 2.62. The fraction of sp³-hybridized carbons (Fsp3) is 0.278. The highest BCUT2D eigenvalue weighted by molar-refractivity contribution is 6.32. The molecule has 0 bridgehead atoms. The molecule has 150 valence electrons. The molecule has 28 heavy (non-hydrogen) atoms. The van der Waals surface area contributed by atoms with Crippen LogP contribution in [0.15, 0.2) is 36.4 Å². The number of hydrogen-bond donors (Lipinski definition) is 0. The number of alkyl halides is 3. The summed E-state index contributed by atoms with van der Waals surface area (Å²) in [4.78, 5) is 22.5. The van der Waals surface area contributed by atoms with Crippen molar-refractivity contribution in [2.24, 2.45) is 0 Å². The van der Waals surface area contributed by atoms with Crippen molar-refractivity contribution in [1.82, 2.24) is 0 Å². The van der Waals surface area contributed by atoms with Gasteiger partial charge < -0.3 is 9.47 Å². The predicted octanol–water partition coefficient (Wildman–Crippen LogP) is 6.02. The number of nitro benzene ring substituents is 1. The Labute approximate surface area is 163 Å². The Balaban J connectivity index is 2.30. The third-order valence-electron chi connectivity index (χ3n) is 3.60. The van der Waals surface area contributed by atoms with E-state index < -0.39 is 28.3 Å². The average molecular weight is 418 g/mol. The van der Waals surface area contributed by atoms with E-state index in [0.29, 0.717) is 12.5 Å². The van der Waals surface area contributed by atoms with Gasteiger partial charge in [-0.05, 0) is 30.7 Å². The minimum atomic E-state index is -4.56. The Bertz CT molecular complexity index is 886. The second-order valence-corrected chi connectivity index (χ2v) is 6.08. The van der Waals surface area contributed by atoms with E-state index in [0.717, 1.165) is 30.7 Å². The molecular weight excluding hydrogens is 403 g/mol. The molecule has 0 fully saturated rings. The van der Waals surface area contributed by atoms with Crippen molar-refractivity contribution in [3.05, 3.63) is 62.7 Å². The first-order valence-electron chi connectivity index (χ1n) is 8.13. The number of carbonyl (C=O) groups excluding carboxylic acids is 1. The first kappa shape index (κ1) is 21.5. The lowest BCUT2D eigenvalue weighted by Gasteiger charge is -2.12. The molecule has 0 radical (unpaired) electrons. The van der Waals surface area contributed by atoms with Crippen molar-refractivity contribution in [2.45, 2.75) is 25.9 Å². The third-order valence-corrected chi connectivity index (χ3v) is 3.90. The molecule has 10 heteroatoms. The van der Waals surface area contributed by atoms with Crippen LogP contribution in [0.1, 0.15) is 35.7 Å². The maximum absolute atomic E-state index is 12.7. The second kappa shape index (κ2) is 8.92. The van der Waals surface area contributed by atoms with Crippen LogP contribution in [0, 0.1) is 10.1 Å². The molecule has 0 saturated heterocycles. The zero-order valence-corrected chi connectivity index (χ0v) is 15.3. The molecule has 0 aliphatic heterocycles. The Kier molecular flexibility index (Phi) is 6.85. The molecule has 0 aliphatic rings. The van der Waals surface area contributed by atoms with Crippen LogP contribution in [0.4, 0.5) is 18.9 Å². The second-order valence-electron chi connectivity index (χ2n) is 5.67. The maximum Gasteiger partial charge on any atom is 0.416 e. The smallest absolute Gasteiger partial charge is 0.416 e. The molecule has 0 saturated carbocycles. The van der Waals surface area contributed by atoms with Crippen LogP contribution in [0.5, 0.6) is 11.5 Å². The van der Waals surface area contributed by atoms with Gasteiger partial charge in [-0.3, -0.25) is 10.1 Å². The zero-order valence-electron chi connectivity index (χ0n) is 14.6. The van der Waals surface area contributed by atoms with Crippen LogP contribution in [0.2, 0.25) is 5.02 Å². The van der Waals surface area contributed by atoms with Crippen molar-refractivity contribution in [3.63, 3.8) is 0 Å². The fourth-order valence-corrected chi connectivity index (χ4v) is 2.39. The summed E-state index contributed by atoms with van der Waals surface area (Å²) in [7, 11) is 0. The summed E-state index contributed by atoms with van der Waals surface area (Å²) in [6.07, 6.45) is -3.20. The summed E-state index contributed by atoms with van der Waals surface area (Å²) in [5.41, 5.74) is -1.76. The highest BCUT2D eigenvalue weighted by atomic mass is 35.5. The van der Waals surface area contributed by atoms with Crippen LogP contribution in [-0.2, 0) is 10.9 Å². The Hall–Kier alpha value is -2.81. The number of halogens is 4. The van der Waals surface area contributed by atoms with E-state index in [-0.39, 0.29) is 28.7 Å². The van der Waals surface area contributed by atoms with E-state index in [9.17, 15) is 28.1 Å². The van der Waals surface area contributed by atoms with E-state index in [1.807, 2.05) is 6.92 Å². The van der Waals surface area contributed by atoms with E-state index >= 15 is 0 Å². The number of nitro groups is 1. The molecule has 0 aliphatic carbocycles. The van der Waals surface area contributed by atoms with Crippen molar-refractivity contribution in [3.8, 4) is 11.5 Å². The summed E-state index contributed by atoms with van der Waals surface area (Å²) in [6, 6.07) is 5.83. The monoisotopic (exact) mass is 417 g/mol. The van der Waals surface area contributed by atoms with Crippen LogP contribution in [0.3, 0.4) is 0 Å². The molecule has 6 nitrogen and oxygen atoms in total. The first-order chi connectivity index (χ1) is 13.1. The van der Waals surface area contributed by atoms with Gasteiger partial charge >= 0.3 is 12.1 Å². The number of hydrogen-bond acceptors (Lipinski definition) is 5. The Morgan fingerprint density at radius 3 is 2.50 bits per heavy atom. The van der Waals surface area contributed by atoms with Crippen molar-refractivity contribution < 1.29 is 32.4 Å². The summed E-state index contributed by atoms with van der Waals surface area (Å²) in [5.74, 6) is -1.02. The minimum absolute atomic E-state index is 0.0188. The molecule has 0 spiro atoms. The fourth-order valence-electron chi connectivity index (χ4n) is 2.18. The van der Waals surface area contributed by atoms with E-state index in [4.69, 9.17) is 21.1 Å². The number of carbonyl (C=O) groups is 1. The zero-order chi connectivity index (χ0) is 20.9. The van der Waals surface area contributed by atoms with Crippen molar-refractivity contribution in [2.75, 3.05) is 6.61 Å². The Morgan fingerprint density at radius 2 is 1.93 bits per heavy atom. The number of rotatable bonds is 7. The lowest BCUT2D eigenvalue weighted by molar-refractivity contribution is -0.385. The van der Waals surface area contributed by atoms with Crippen molar-refractivity contribution in [1.29, 1.82) is 0 Å². The molecular formula is C18H15ClF3NO5. The maximum atomic E-state index is 12.7. The largest absolute Gasteiger partial charge is 0.462 e. The van der Waals surface area contributed by atoms with Gasteiger partial charge in [0, 0.05) is 12.1 Å². The topological polar surface area (TPSA) is 78.7 Å². The number of ether oxygens (including phenoxy) is 2. The molecule has 0 heterocycles. The van der Waals surface area contributed by atoms with Gasteiger partial charge in [0.1, 0.15) is 17.1 Å². The van der Waals surface area contributed by atoms with E-state index in [2.05, 4.69) is 0 Å². The summed E-state index contributed by atoms with van der Waals surface area (Å²) in [5, 5.41) is 10.8. The Morgan fingerprint density at radius 1 is 1.21 bits per heavy atom. The van der Waals surface area contributed by atoms with Gasteiger partial charge in [-0.1, -0.05) is 24.9 Å². The van der Waals surface area contributed by atoms with Gasteiger partial charge in [0.2, 0.25) is 0 Å². The van der Waals surface area contributed by atoms with Crippen LogP contribution in [0.25, 0.3) is 0 Å². The lowest BCUT2D eigenvalue weighted by atomic mass is 10.1. The van der Waals surface area contributed by atoms with E-state index in [1.165, 1.54) is 6.07 Å². The number of nitrogens with zero attached hydrogens (tertiary/aromatic N) is 1. The molecule has 0 N–H and O–H groups in total. The van der Waals surface area contributed by atoms with Gasteiger partial charge in [-0.25, -0.2) is 4.79 Å². The standard InChI is InChI=1S/C18H15ClF3NO5/c1-2-3-8-27-17(24)13-10-12(5-6-15(13)23(25)26)28-16-7-4-11(9-14(16)19)18(20,21)22/h4-7,9-10H,2-3,8H2,1H3. The molecule has 2 aromatic rings. The van der Waals surface area contributed by atoms with Gasteiger partial charge in [0.05, 0.1) is 22.1 Å². The van der Waals surface area contributed by atoms with Gasteiger partial charge in [-0.15, -0.1) is 0 Å². The molecule has 0 unspecified atom stereocenters. The lowest BCUT2D eigenvalue weighted by Crippen LogP contribution is -2.09. The normalized spacial score (nSPS) is 11.2. The predicted molar refractivity (Wildman–Crippen MR) is 94.8 cm³/mol. The molecule has 0 aromatic heterocycles. The minimum Gasteiger partial charge on any atom is -0.462 e. The SMILES string of the molecule is CCCCOC(=O)c1cc(Oc2ccc(C(F)(F)F)cc2Cl)ccc1[N+](=O)[O-]. The van der Waals surface area contributed by atoms with Crippen LogP contribution >= 0.6 is 11.6 Å². The summed E-state index contributed by atoms with van der Waals surface area (Å²) >= 11 is 5.83. The summed E-state index contributed by atoms with van der Waals surface area (Å²) < 4.78 is 48.5. The number of unbranched alkanes of at least 4 members (excludes halogenated alkanes) is 1. The van der Waals surface area contributed by atoms with Crippen molar-refractivity contribution >= 4 is 23.3 Å². The highest BCUT2D eigenvalue weighted by Gasteiger charge is 2.31. The number of benzene rings is 2. The highest BCUT2D eigenvalue weighted by Crippen LogP contribution is 2.37. The van der Waals surface area contributed by atoms with Gasteiger partial charge in [0.15, 0.2) is 0 Å². The summed E-state index contributed by atoms with van der Waals surface area (Å²) in [6.45, 7) is 1.99. The molecule has 0 amide bonds. The molecule has 2 aromatic carbocycles. The number of esters is 1. The first-order valence-corrected chi connectivity index (χ1v) is 8.51. The molecule has 2 rings (SSSR count). The van der Waals surface area contributed by atoms with Crippen LogP contribution < -0.4 is 4.74 Å². The third kappa shape index (κ3) is 5.35.